The third-order valence-electron chi connectivity index (χ3n) is 3.78. The predicted molar refractivity (Wildman–Crippen MR) is 55.2 cm³/mol. The molecule has 14 heavy (non-hydrogen) atoms. The summed E-state index contributed by atoms with van der Waals surface area (Å²) < 4.78 is 10.6. The van der Waals surface area contributed by atoms with Gasteiger partial charge >= 0.3 is 0 Å². The SMILES string of the molecule is COCCC(C)C1(CO)CCOC1C. The number of aliphatic hydroxyl groups excluding tert-OH is 1. The Bertz CT molecular complexity index is 172. The van der Waals surface area contributed by atoms with Crippen LogP contribution < -0.4 is 0 Å². The summed E-state index contributed by atoms with van der Waals surface area (Å²) >= 11 is 0. The molecule has 0 amide bonds. The van der Waals surface area contributed by atoms with Gasteiger partial charge < -0.3 is 14.6 Å². The van der Waals surface area contributed by atoms with E-state index in [9.17, 15) is 5.11 Å². The molecule has 3 atom stereocenters. The molecule has 1 N–H and O–H groups in total. The summed E-state index contributed by atoms with van der Waals surface area (Å²) in [5, 5.41) is 9.54. The molecular formula is C11H22O3. The highest BCUT2D eigenvalue weighted by Crippen LogP contribution is 2.42. The van der Waals surface area contributed by atoms with Crippen LogP contribution in [-0.2, 0) is 9.47 Å². The lowest BCUT2D eigenvalue weighted by atomic mass is 9.71. The minimum atomic E-state index is -0.0431. The molecule has 0 aromatic carbocycles. The molecule has 1 saturated heterocycles. The van der Waals surface area contributed by atoms with Gasteiger partial charge in [0, 0.05) is 25.7 Å². The van der Waals surface area contributed by atoms with Crippen LogP contribution in [0.3, 0.4) is 0 Å². The fourth-order valence-electron chi connectivity index (χ4n) is 2.39. The van der Waals surface area contributed by atoms with Gasteiger partial charge in [-0.3, -0.25) is 0 Å². The van der Waals surface area contributed by atoms with Gasteiger partial charge in [-0.25, -0.2) is 0 Å². The standard InChI is InChI=1S/C11H22O3/c1-9(4-6-13-3)11(8-12)5-7-14-10(11)2/h9-10,12H,4-8H2,1-3H3. The van der Waals surface area contributed by atoms with Crippen molar-refractivity contribution in [1.29, 1.82) is 0 Å². The van der Waals surface area contributed by atoms with Crippen LogP contribution in [0.5, 0.6) is 0 Å². The average Bonchev–Trinajstić information content (AvgIpc) is 2.57. The van der Waals surface area contributed by atoms with E-state index in [4.69, 9.17) is 9.47 Å². The van der Waals surface area contributed by atoms with Crippen LogP contribution in [0.2, 0.25) is 0 Å². The van der Waals surface area contributed by atoms with Crippen LogP contribution in [-0.4, -0.2) is 38.1 Å². The van der Waals surface area contributed by atoms with E-state index in [1.165, 1.54) is 0 Å². The van der Waals surface area contributed by atoms with E-state index in [0.29, 0.717) is 5.92 Å². The number of hydrogen-bond acceptors (Lipinski definition) is 3. The Morgan fingerprint density at radius 3 is 2.79 bits per heavy atom. The third kappa shape index (κ3) is 2.10. The molecule has 1 rings (SSSR count). The van der Waals surface area contributed by atoms with E-state index < -0.39 is 0 Å². The highest BCUT2D eigenvalue weighted by Gasteiger charge is 2.44. The largest absolute Gasteiger partial charge is 0.396 e. The van der Waals surface area contributed by atoms with Gasteiger partial charge in [0.2, 0.25) is 0 Å². The molecule has 1 heterocycles. The fourth-order valence-corrected chi connectivity index (χ4v) is 2.39. The molecule has 3 unspecified atom stereocenters. The molecule has 3 heteroatoms. The fraction of sp³-hybridized carbons (Fsp3) is 1.00. The Labute approximate surface area is 86.4 Å². The molecule has 0 bridgehead atoms. The van der Waals surface area contributed by atoms with Crippen molar-refractivity contribution in [3.05, 3.63) is 0 Å². The summed E-state index contributed by atoms with van der Waals surface area (Å²) in [4.78, 5) is 0. The minimum absolute atomic E-state index is 0.0431. The minimum Gasteiger partial charge on any atom is -0.396 e. The summed E-state index contributed by atoms with van der Waals surface area (Å²) in [7, 11) is 1.72. The van der Waals surface area contributed by atoms with Gasteiger partial charge in [-0.05, 0) is 25.7 Å². The molecule has 0 aromatic rings. The van der Waals surface area contributed by atoms with Gasteiger partial charge in [0.05, 0.1) is 12.7 Å². The summed E-state index contributed by atoms with van der Waals surface area (Å²) in [6, 6.07) is 0. The first-order valence-corrected chi connectivity index (χ1v) is 5.38. The summed E-state index contributed by atoms with van der Waals surface area (Å²) in [5.41, 5.74) is -0.0431. The zero-order valence-electron chi connectivity index (χ0n) is 9.45. The topological polar surface area (TPSA) is 38.7 Å². The predicted octanol–water partition coefficient (Wildman–Crippen LogP) is 1.45. The van der Waals surface area contributed by atoms with Crippen molar-refractivity contribution in [1.82, 2.24) is 0 Å². The number of aliphatic hydroxyl groups is 1. The molecule has 1 fully saturated rings. The normalized spacial score (nSPS) is 34.7. The first-order chi connectivity index (χ1) is 6.67. The van der Waals surface area contributed by atoms with Crippen molar-refractivity contribution in [3.63, 3.8) is 0 Å². The maximum Gasteiger partial charge on any atom is 0.0628 e. The van der Waals surface area contributed by atoms with Crippen molar-refractivity contribution >= 4 is 0 Å². The number of methoxy groups -OCH3 is 1. The molecule has 1 aliphatic heterocycles. The third-order valence-corrected chi connectivity index (χ3v) is 3.78. The zero-order valence-corrected chi connectivity index (χ0v) is 9.45. The second-order valence-corrected chi connectivity index (χ2v) is 4.34. The van der Waals surface area contributed by atoms with Crippen LogP contribution in [0, 0.1) is 11.3 Å². The van der Waals surface area contributed by atoms with E-state index in [0.717, 1.165) is 26.1 Å². The molecule has 1 aliphatic rings. The average molecular weight is 202 g/mol. The first kappa shape index (κ1) is 12.0. The lowest BCUT2D eigenvalue weighted by molar-refractivity contribution is -0.0153. The number of rotatable bonds is 5. The van der Waals surface area contributed by atoms with Crippen molar-refractivity contribution in [2.24, 2.45) is 11.3 Å². The Kier molecular flexibility index (Phi) is 4.35. The monoisotopic (exact) mass is 202 g/mol. The maximum atomic E-state index is 9.54. The lowest BCUT2D eigenvalue weighted by Gasteiger charge is -2.36. The van der Waals surface area contributed by atoms with Crippen LogP contribution in [0.4, 0.5) is 0 Å². The van der Waals surface area contributed by atoms with E-state index in [1.54, 1.807) is 7.11 Å². The van der Waals surface area contributed by atoms with Gasteiger partial charge in [0.1, 0.15) is 0 Å². The van der Waals surface area contributed by atoms with Gasteiger partial charge in [0.15, 0.2) is 0 Å². The van der Waals surface area contributed by atoms with Gasteiger partial charge in [0.25, 0.3) is 0 Å². The van der Waals surface area contributed by atoms with E-state index in [2.05, 4.69) is 13.8 Å². The van der Waals surface area contributed by atoms with Crippen LogP contribution >= 0.6 is 0 Å². The Hall–Kier alpha value is -0.120. The molecule has 0 spiro atoms. The van der Waals surface area contributed by atoms with Gasteiger partial charge in [-0.2, -0.15) is 0 Å². The van der Waals surface area contributed by atoms with Crippen molar-refractivity contribution in [2.45, 2.75) is 32.8 Å². The quantitative estimate of drug-likeness (QED) is 0.733. The van der Waals surface area contributed by atoms with E-state index in [1.807, 2.05) is 0 Å². The summed E-state index contributed by atoms with van der Waals surface area (Å²) in [6.07, 6.45) is 2.12. The number of hydrogen-bond donors (Lipinski definition) is 1. The Balaban J connectivity index is 2.58. The van der Waals surface area contributed by atoms with Crippen LogP contribution in [0.25, 0.3) is 0 Å². The van der Waals surface area contributed by atoms with Crippen molar-refractivity contribution < 1.29 is 14.6 Å². The highest BCUT2D eigenvalue weighted by molar-refractivity contribution is 4.92. The van der Waals surface area contributed by atoms with Crippen LogP contribution in [0.15, 0.2) is 0 Å². The molecule has 0 saturated carbocycles. The second kappa shape index (κ2) is 5.10. The molecule has 0 aromatic heterocycles. The molecule has 84 valence electrons. The Morgan fingerprint density at radius 2 is 2.36 bits per heavy atom. The first-order valence-electron chi connectivity index (χ1n) is 5.38. The maximum absolute atomic E-state index is 9.54. The number of ether oxygens (including phenoxy) is 2. The lowest BCUT2D eigenvalue weighted by Crippen LogP contribution is -2.39. The van der Waals surface area contributed by atoms with Gasteiger partial charge in [-0.15, -0.1) is 0 Å². The summed E-state index contributed by atoms with van der Waals surface area (Å²) in [5.74, 6) is 0.449. The zero-order chi connectivity index (χ0) is 10.6. The van der Waals surface area contributed by atoms with Crippen molar-refractivity contribution in [2.75, 3.05) is 26.9 Å². The second-order valence-electron chi connectivity index (χ2n) is 4.34. The Morgan fingerprint density at radius 1 is 1.64 bits per heavy atom. The van der Waals surface area contributed by atoms with Crippen LogP contribution in [0.1, 0.15) is 26.7 Å². The highest BCUT2D eigenvalue weighted by atomic mass is 16.5. The molecule has 0 aliphatic carbocycles. The van der Waals surface area contributed by atoms with Crippen molar-refractivity contribution in [3.8, 4) is 0 Å². The van der Waals surface area contributed by atoms with E-state index in [-0.39, 0.29) is 18.1 Å². The molecule has 3 nitrogen and oxygen atoms in total. The summed E-state index contributed by atoms with van der Waals surface area (Å²) in [6.45, 7) is 6.00. The van der Waals surface area contributed by atoms with Gasteiger partial charge in [-0.1, -0.05) is 6.92 Å². The molecule has 0 radical (unpaired) electrons. The molecular weight excluding hydrogens is 180 g/mol. The van der Waals surface area contributed by atoms with E-state index >= 15 is 0 Å². The smallest absolute Gasteiger partial charge is 0.0628 e.